The van der Waals surface area contributed by atoms with E-state index in [-0.39, 0.29) is 35.3 Å². The third kappa shape index (κ3) is 4.33. The highest BCUT2D eigenvalue weighted by Gasteiger charge is 2.30. The second-order valence-electron chi connectivity index (χ2n) is 5.86. The van der Waals surface area contributed by atoms with Gasteiger partial charge >= 0.3 is 0 Å². The highest BCUT2D eigenvalue weighted by Crippen LogP contribution is 2.23. The molecule has 0 atom stereocenters. The second-order valence-corrected chi connectivity index (χ2v) is 6.70. The van der Waals surface area contributed by atoms with Crippen LogP contribution in [0, 0.1) is 0 Å². The van der Waals surface area contributed by atoms with Crippen LogP contribution in [0.25, 0.3) is 0 Å². The predicted molar refractivity (Wildman–Crippen MR) is 106 cm³/mol. The van der Waals surface area contributed by atoms with E-state index in [0.717, 1.165) is 4.90 Å². The summed E-state index contributed by atoms with van der Waals surface area (Å²) in [7, 11) is 0. The van der Waals surface area contributed by atoms with E-state index >= 15 is 0 Å². The fraction of sp³-hybridized carbons (Fsp3) is 0.105. The summed E-state index contributed by atoms with van der Waals surface area (Å²) in [5, 5.41) is 15.2. The van der Waals surface area contributed by atoms with Gasteiger partial charge in [-0.15, -0.1) is 0 Å². The van der Waals surface area contributed by atoms with Gasteiger partial charge in [0.2, 0.25) is 0 Å². The van der Waals surface area contributed by atoms with E-state index in [0.29, 0.717) is 16.4 Å². The van der Waals surface area contributed by atoms with Gasteiger partial charge < -0.3 is 15.7 Å². The molecule has 2 aromatic carbocycles. The molecule has 3 amide bonds. The molecule has 7 nitrogen and oxygen atoms in total. The Balaban J connectivity index is 1.65. The van der Waals surface area contributed by atoms with Gasteiger partial charge in [-0.2, -0.15) is 0 Å². The summed E-state index contributed by atoms with van der Waals surface area (Å²) in [4.78, 5) is 37.1. The number of imide groups is 1. The number of nitrogens with zero attached hydrogens (tertiary/aromatic N) is 1. The first kappa shape index (κ1) is 19.9. The minimum absolute atomic E-state index is 0.0580. The zero-order valence-electron chi connectivity index (χ0n) is 14.4. The molecular formula is C19H15Cl2N3O4. The quantitative estimate of drug-likeness (QED) is 0.625. The molecule has 0 bridgehead atoms. The Hall–Kier alpha value is -2.87. The lowest BCUT2D eigenvalue weighted by Gasteiger charge is -2.13. The van der Waals surface area contributed by atoms with Crippen LogP contribution in [0.15, 0.2) is 54.2 Å². The molecule has 9 heteroatoms. The number of anilines is 2. The maximum absolute atomic E-state index is 12.3. The Morgan fingerprint density at radius 1 is 1.04 bits per heavy atom. The van der Waals surface area contributed by atoms with Crippen LogP contribution in [0.5, 0.6) is 0 Å². The number of hydrogen-bond acceptors (Lipinski definition) is 5. The molecule has 0 saturated heterocycles. The molecule has 0 fully saturated rings. The van der Waals surface area contributed by atoms with Crippen molar-refractivity contribution in [2.45, 2.75) is 0 Å². The summed E-state index contributed by atoms with van der Waals surface area (Å²) in [6.07, 6.45) is 1.18. The van der Waals surface area contributed by atoms with Crippen molar-refractivity contribution in [3.8, 4) is 0 Å². The van der Waals surface area contributed by atoms with Crippen LogP contribution in [0.2, 0.25) is 10.0 Å². The van der Waals surface area contributed by atoms with Crippen molar-refractivity contribution >= 4 is 52.3 Å². The van der Waals surface area contributed by atoms with Crippen molar-refractivity contribution < 1.29 is 19.5 Å². The summed E-state index contributed by atoms with van der Waals surface area (Å²) in [6.45, 7) is -0.359. The first-order valence-corrected chi connectivity index (χ1v) is 8.96. The molecule has 0 spiro atoms. The zero-order valence-corrected chi connectivity index (χ0v) is 15.9. The predicted octanol–water partition coefficient (Wildman–Crippen LogP) is 2.90. The van der Waals surface area contributed by atoms with Gasteiger partial charge in [-0.3, -0.25) is 19.3 Å². The molecule has 0 aromatic heterocycles. The van der Waals surface area contributed by atoms with Crippen LogP contribution in [-0.4, -0.2) is 40.9 Å². The lowest BCUT2D eigenvalue weighted by Crippen LogP contribution is -2.34. The number of β-amino-alcohol motifs (C(OH)–C–C–N with tert-alkyl or cyclic N) is 1. The molecule has 0 aliphatic carbocycles. The minimum Gasteiger partial charge on any atom is -0.395 e. The Bertz CT molecular complexity index is 974. The molecular weight excluding hydrogens is 405 g/mol. The van der Waals surface area contributed by atoms with Crippen molar-refractivity contribution in [2.24, 2.45) is 0 Å². The largest absolute Gasteiger partial charge is 0.395 e. The molecule has 144 valence electrons. The average molecular weight is 420 g/mol. The number of halogens is 2. The molecule has 3 rings (SSSR count). The zero-order chi connectivity index (χ0) is 20.3. The molecule has 2 aromatic rings. The van der Waals surface area contributed by atoms with E-state index in [4.69, 9.17) is 28.3 Å². The van der Waals surface area contributed by atoms with Crippen LogP contribution < -0.4 is 10.6 Å². The second kappa shape index (κ2) is 8.43. The van der Waals surface area contributed by atoms with Gasteiger partial charge in [0.1, 0.15) is 5.70 Å². The van der Waals surface area contributed by atoms with Gasteiger partial charge in [0.15, 0.2) is 0 Å². The maximum Gasteiger partial charge on any atom is 0.277 e. The van der Waals surface area contributed by atoms with Gasteiger partial charge in [-0.25, -0.2) is 0 Å². The van der Waals surface area contributed by atoms with Crippen LogP contribution >= 0.6 is 23.2 Å². The molecule has 1 aliphatic heterocycles. The number of aliphatic hydroxyl groups is 1. The third-order valence-corrected chi connectivity index (χ3v) is 4.48. The standard InChI is InChI=1S/C19H15Cl2N3O4/c20-11-1-6-14(15(21)9-11)18(27)23-13-4-2-12(3-5-13)22-16-10-17(26)24(7-8-25)19(16)28/h1-6,9-10,22,25H,7-8H2,(H,23,27). The number of aliphatic hydroxyl groups excluding tert-OH is 1. The topological polar surface area (TPSA) is 98.7 Å². The van der Waals surface area contributed by atoms with Crippen molar-refractivity contribution in [3.63, 3.8) is 0 Å². The van der Waals surface area contributed by atoms with Crippen LogP contribution in [0.4, 0.5) is 11.4 Å². The van der Waals surface area contributed by atoms with Gasteiger partial charge in [0.25, 0.3) is 17.7 Å². The van der Waals surface area contributed by atoms with Crippen LogP contribution in [0.1, 0.15) is 10.4 Å². The monoisotopic (exact) mass is 419 g/mol. The maximum atomic E-state index is 12.3. The first-order chi connectivity index (χ1) is 13.4. The first-order valence-electron chi connectivity index (χ1n) is 8.21. The number of carbonyl (C=O) groups is 3. The number of amides is 3. The summed E-state index contributed by atoms with van der Waals surface area (Å²) >= 11 is 11.9. The summed E-state index contributed by atoms with van der Waals surface area (Å²) in [5.41, 5.74) is 1.48. The van der Waals surface area contributed by atoms with E-state index in [9.17, 15) is 14.4 Å². The summed E-state index contributed by atoms with van der Waals surface area (Å²) in [6, 6.07) is 11.2. The smallest absolute Gasteiger partial charge is 0.277 e. The van der Waals surface area contributed by atoms with E-state index in [1.165, 1.54) is 18.2 Å². The Kier molecular flexibility index (Phi) is 5.99. The van der Waals surface area contributed by atoms with Gasteiger partial charge in [0, 0.05) is 22.5 Å². The molecule has 0 radical (unpaired) electrons. The Morgan fingerprint density at radius 3 is 2.36 bits per heavy atom. The van der Waals surface area contributed by atoms with E-state index in [1.54, 1.807) is 30.3 Å². The van der Waals surface area contributed by atoms with Crippen molar-refractivity contribution in [3.05, 3.63) is 69.8 Å². The van der Waals surface area contributed by atoms with Crippen molar-refractivity contribution in [1.82, 2.24) is 4.90 Å². The number of hydrogen-bond donors (Lipinski definition) is 3. The number of carbonyl (C=O) groups excluding carboxylic acids is 3. The Labute approximate surface area is 170 Å². The lowest BCUT2D eigenvalue weighted by atomic mass is 10.2. The number of benzene rings is 2. The van der Waals surface area contributed by atoms with Gasteiger partial charge in [-0.05, 0) is 42.5 Å². The molecule has 28 heavy (non-hydrogen) atoms. The third-order valence-electron chi connectivity index (χ3n) is 3.93. The molecule has 3 N–H and O–H groups in total. The minimum atomic E-state index is -0.506. The normalized spacial score (nSPS) is 13.5. The molecule has 1 heterocycles. The number of rotatable bonds is 6. The molecule has 0 unspecified atom stereocenters. The van der Waals surface area contributed by atoms with Crippen molar-refractivity contribution in [2.75, 3.05) is 23.8 Å². The molecule has 0 saturated carbocycles. The highest BCUT2D eigenvalue weighted by atomic mass is 35.5. The van der Waals surface area contributed by atoms with Crippen LogP contribution in [-0.2, 0) is 9.59 Å². The van der Waals surface area contributed by atoms with Gasteiger partial charge in [0.05, 0.1) is 23.7 Å². The SMILES string of the molecule is O=C(Nc1ccc(NC2=CC(=O)N(CCO)C2=O)cc1)c1ccc(Cl)cc1Cl. The van der Waals surface area contributed by atoms with E-state index < -0.39 is 11.8 Å². The summed E-state index contributed by atoms with van der Waals surface area (Å²) in [5.74, 6) is -1.37. The van der Waals surface area contributed by atoms with E-state index in [1.807, 2.05) is 0 Å². The molecule has 1 aliphatic rings. The number of nitrogens with one attached hydrogen (secondary N) is 2. The summed E-state index contributed by atoms with van der Waals surface area (Å²) < 4.78 is 0. The highest BCUT2D eigenvalue weighted by molar-refractivity contribution is 6.37. The fourth-order valence-corrected chi connectivity index (χ4v) is 3.07. The van der Waals surface area contributed by atoms with E-state index in [2.05, 4.69) is 10.6 Å². The van der Waals surface area contributed by atoms with Crippen LogP contribution in [0.3, 0.4) is 0 Å². The van der Waals surface area contributed by atoms with Gasteiger partial charge in [-0.1, -0.05) is 23.2 Å². The lowest BCUT2D eigenvalue weighted by molar-refractivity contribution is -0.137. The fourth-order valence-electron chi connectivity index (χ4n) is 2.57. The Morgan fingerprint density at radius 2 is 1.71 bits per heavy atom. The van der Waals surface area contributed by atoms with Crippen molar-refractivity contribution in [1.29, 1.82) is 0 Å². The average Bonchev–Trinajstić information content (AvgIpc) is 2.91.